The van der Waals surface area contributed by atoms with Crippen LogP contribution in [0.4, 0.5) is 0 Å². The van der Waals surface area contributed by atoms with Crippen LogP contribution in [0.15, 0.2) is 64.8 Å². The Morgan fingerprint density at radius 1 is 1.11 bits per heavy atom. The molecule has 0 amide bonds. The van der Waals surface area contributed by atoms with Crippen LogP contribution >= 0.6 is 22.9 Å². The van der Waals surface area contributed by atoms with Crippen molar-refractivity contribution in [3.63, 3.8) is 0 Å². The van der Waals surface area contributed by atoms with Gasteiger partial charge >= 0.3 is 0 Å². The standard InChI is InChI=1S/C21H18ClN3OS/c1-25(11-14-6-5-9-16(22)10-14)12-18-23-20(26)19-17(13-27-21(19)24-18)15-7-3-2-4-8-15/h2-10,13H,11-12H2,1H3,(H,23,24,26). The molecule has 0 spiro atoms. The van der Waals surface area contributed by atoms with Crippen molar-refractivity contribution in [2.45, 2.75) is 13.1 Å². The van der Waals surface area contributed by atoms with Crippen LogP contribution in [0.25, 0.3) is 21.3 Å². The van der Waals surface area contributed by atoms with Crippen LogP contribution in [0.1, 0.15) is 11.4 Å². The molecule has 1 N–H and O–H groups in total. The van der Waals surface area contributed by atoms with Crippen LogP contribution in [0.2, 0.25) is 5.02 Å². The molecule has 2 aromatic carbocycles. The molecule has 0 aliphatic rings. The SMILES string of the molecule is CN(Cc1cccc(Cl)c1)Cc1nc2scc(-c3ccccc3)c2c(=O)[nH]1. The number of fused-ring (bicyclic) bond motifs is 1. The predicted molar refractivity (Wildman–Crippen MR) is 112 cm³/mol. The Bertz CT molecular complexity index is 1140. The Balaban J connectivity index is 1.59. The molecular formula is C21H18ClN3OS. The zero-order valence-corrected chi connectivity index (χ0v) is 16.3. The summed E-state index contributed by atoms with van der Waals surface area (Å²) in [6.45, 7) is 1.28. The summed E-state index contributed by atoms with van der Waals surface area (Å²) in [4.78, 5) is 23.2. The second-order valence-corrected chi connectivity index (χ2v) is 7.80. The summed E-state index contributed by atoms with van der Waals surface area (Å²) in [6.07, 6.45) is 0. The number of hydrogen-bond acceptors (Lipinski definition) is 4. The number of nitrogens with zero attached hydrogens (tertiary/aromatic N) is 2. The molecule has 136 valence electrons. The lowest BCUT2D eigenvalue weighted by molar-refractivity contribution is 0.311. The van der Waals surface area contributed by atoms with Crippen molar-refractivity contribution < 1.29 is 0 Å². The van der Waals surface area contributed by atoms with Gasteiger partial charge in [0, 0.05) is 22.5 Å². The third-order valence-corrected chi connectivity index (χ3v) is 5.45. The van der Waals surface area contributed by atoms with Gasteiger partial charge in [-0.15, -0.1) is 11.3 Å². The summed E-state index contributed by atoms with van der Waals surface area (Å²) in [5.41, 5.74) is 2.99. The highest BCUT2D eigenvalue weighted by Gasteiger charge is 2.13. The van der Waals surface area contributed by atoms with Crippen molar-refractivity contribution in [3.8, 4) is 11.1 Å². The fourth-order valence-electron chi connectivity index (χ4n) is 3.16. The van der Waals surface area contributed by atoms with Crippen molar-refractivity contribution in [1.29, 1.82) is 0 Å². The van der Waals surface area contributed by atoms with Gasteiger partial charge in [0.2, 0.25) is 0 Å². The van der Waals surface area contributed by atoms with E-state index in [2.05, 4.69) is 14.9 Å². The van der Waals surface area contributed by atoms with E-state index in [4.69, 9.17) is 11.6 Å². The number of nitrogens with one attached hydrogen (secondary N) is 1. The number of rotatable bonds is 5. The number of thiophene rings is 1. The van der Waals surface area contributed by atoms with Gasteiger partial charge in [0.15, 0.2) is 0 Å². The molecule has 4 rings (SSSR count). The number of halogens is 1. The van der Waals surface area contributed by atoms with Crippen molar-refractivity contribution in [3.05, 3.63) is 86.7 Å². The van der Waals surface area contributed by atoms with E-state index in [-0.39, 0.29) is 5.56 Å². The topological polar surface area (TPSA) is 49.0 Å². The monoisotopic (exact) mass is 395 g/mol. The van der Waals surface area contributed by atoms with Gasteiger partial charge in [0.05, 0.1) is 11.9 Å². The van der Waals surface area contributed by atoms with Crippen LogP contribution in [-0.4, -0.2) is 21.9 Å². The Morgan fingerprint density at radius 3 is 2.70 bits per heavy atom. The van der Waals surface area contributed by atoms with Gasteiger partial charge in [-0.2, -0.15) is 0 Å². The maximum atomic E-state index is 12.7. The Labute approximate surface area is 166 Å². The van der Waals surface area contributed by atoms with Gasteiger partial charge < -0.3 is 4.98 Å². The molecule has 0 aliphatic carbocycles. The fourth-order valence-corrected chi connectivity index (χ4v) is 4.34. The molecule has 0 radical (unpaired) electrons. The second-order valence-electron chi connectivity index (χ2n) is 6.51. The van der Waals surface area contributed by atoms with E-state index in [0.717, 1.165) is 33.1 Å². The number of aromatic nitrogens is 2. The molecule has 0 atom stereocenters. The minimum absolute atomic E-state index is 0.0914. The highest BCUT2D eigenvalue weighted by molar-refractivity contribution is 7.17. The molecule has 27 heavy (non-hydrogen) atoms. The molecular weight excluding hydrogens is 378 g/mol. The number of aromatic amines is 1. The predicted octanol–water partition coefficient (Wildman–Crippen LogP) is 4.94. The Hall–Kier alpha value is -2.47. The summed E-state index contributed by atoms with van der Waals surface area (Å²) in [7, 11) is 1.99. The van der Waals surface area contributed by atoms with Gasteiger partial charge in [-0.1, -0.05) is 54.1 Å². The van der Waals surface area contributed by atoms with E-state index in [1.54, 1.807) is 0 Å². The maximum absolute atomic E-state index is 12.7. The molecule has 6 heteroatoms. The summed E-state index contributed by atoms with van der Waals surface area (Å²) >= 11 is 7.55. The number of H-pyrrole nitrogens is 1. The van der Waals surface area contributed by atoms with E-state index in [1.807, 2.05) is 67.0 Å². The van der Waals surface area contributed by atoms with Crippen molar-refractivity contribution in [1.82, 2.24) is 14.9 Å². The molecule has 4 aromatic rings. The van der Waals surface area contributed by atoms with Crippen LogP contribution in [0.3, 0.4) is 0 Å². The zero-order valence-electron chi connectivity index (χ0n) is 14.8. The lowest BCUT2D eigenvalue weighted by Gasteiger charge is -2.16. The van der Waals surface area contributed by atoms with E-state index < -0.39 is 0 Å². The van der Waals surface area contributed by atoms with E-state index in [9.17, 15) is 4.79 Å². The van der Waals surface area contributed by atoms with Crippen LogP contribution in [-0.2, 0) is 13.1 Å². The summed E-state index contributed by atoms with van der Waals surface area (Å²) in [5, 5.41) is 3.38. The molecule has 0 aliphatic heterocycles. The largest absolute Gasteiger partial charge is 0.309 e. The van der Waals surface area contributed by atoms with Crippen molar-refractivity contribution in [2.75, 3.05) is 7.05 Å². The summed E-state index contributed by atoms with van der Waals surface area (Å²) < 4.78 is 0. The van der Waals surface area contributed by atoms with E-state index in [0.29, 0.717) is 17.8 Å². The third kappa shape index (κ3) is 3.95. The van der Waals surface area contributed by atoms with Crippen molar-refractivity contribution in [2.24, 2.45) is 0 Å². The lowest BCUT2D eigenvalue weighted by Crippen LogP contribution is -2.21. The van der Waals surface area contributed by atoms with Gasteiger partial charge in [-0.25, -0.2) is 4.98 Å². The van der Waals surface area contributed by atoms with Crippen molar-refractivity contribution >= 4 is 33.2 Å². The summed E-state index contributed by atoms with van der Waals surface area (Å²) in [5.74, 6) is 0.665. The van der Waals surface area contributed by atoms with E-state index in [1.165, 1.54) is 11.3 Å². The quantitative estimate of drug-likeness (QED) is 0.520. The first-order valence-corrected chi connectivity index (χ1v) is 9.85. The van der Waals surface area contributed by atoms with Gasteiger partial charge in [-0.3, -0.25) is 9.69 Å². The molecule has 0 unspecified atom stereocenters. The molecule has 0 fully saturated rings. The van der Waals surface area contributed by atoms with Gasteiger partial charge in [0.25, 0.3) is 5.56 Å². The van der Waals surface area contributed by atoms with Crippen LogP contribution < -0.4 is 5.56 Å². The highest BCUT2D eigenvalue weighted by Crippen LogP contribution is 2.30. The lowest BCUT2D eigenvalue weighted by atomic mass is 10.1. The van der Waals surface area contributed by atoms with E-state index >= 15 is 0 Å². The zero-order chi connectivity index (χ0) is 18.8. The van der Waals surface area contributed by atoms with Gasteiger partial charge in [0.1, 0.15) is 10.7 Å². The first-order chi connectivity index (χ1) is 13.1. The van der Waals surface area contributed by atoms with Crippen LogP contribution in [0, 0.1) is 0 Å². The number of benzene rings is 2. The molecule has 4 nitrogen and oxygen atoms in total. The molecule has 2 heterocycles. The summed E-state index contributed by atoms with van der Waals surface area (Å²) in [6, 6.07) is 17.7. The first-order valence-electron chi connectivity index (χ1n) is 8.59. The average Bonchev–Trinajstić information content (AvgIpc) is 3.07. The fraction of sp³-hybridized carbons (Fsp3) is 0.143. The molecule has 0 saturated carbocycles. The van der Waals surface area contributed by atoms with Gasteiger partial charge in [-0.05, 0) is 30.3 Å². The third-order valence-electron chi connectivity index (χ3n) is 4.34. The molecule has 0 bridgehead atoms. The molecule has 2 aromatic heterocycles. The minimum Gasteiger partial charge on any atom is -0.309 e. The highest BCUT2D eigenvalue weighted by atomic mass is 35.5. The molecule has 0 saturated heterocycles. The first kappa shape index (κ1) is 17.9. The maximum Gasteiger partial charge on any atom is 0.260 e. The Kier molecular flexibility index (Phi) is 5.07. The smallest absolute Gasteiger partial charge is 0.260 e. The normalized spacial score (nSPS) is 11.4. The van der Waals surface area contributed by atoms with Crippen LogP contribution in [0.5, 0.6) is 0 Å². The number of hydrogen-bond donors (Lipinski definition) is 1. The second kappa shape index (κ2) is 7.64. The average molecular weight is 396 g/mol. The Morgan fingerprint density at radius 2 is 1.93 bits per heavy atom. The minimum atomic E-state index is -0.0914.